The highest BCUT2D eigenvalue weighted by Crippen LogP contribution is 2.23. The van der Waals surface area contributed by atoms with Gasteiger partial charge in [-0.15, -0.1) is 0 Å². The molecule has 0 unspecified atom stereocenters. The Hall–Kier alpha value is -2.41. The van der Waals surface area contributed by atoms with Crippen LogP contribution in [0.5, 0.6) is 0 Å². The summed E-state index contributed by atoms with van der Waals surface area (Å²) >= 11 is 0. The lowest BCUT2D eigenvalue weighted by molar-refractivity contribution is 0.0689. The monoisotopic (exact) mass is 290 g/mol. The first kappa shape index (κ1) is 13.6. The van der Waals surface area contributed by atoms with Crippen LogP contribution in [0.4, 0.5) is 0 Å². The van der Waals surface area contributed by atoms with E-state index in [1.54, 1.807) is 12.1 Å². The van der Waals surface area contributed by atoms with Crippen LogP contribution >= 0.6 is 0 Å². The summed E-state index contributed by atoms with van der Waals surface area (Å²) < 4.78 is 6.68. The molecule has 0 amide bonds. The first-order chi connectivity index (χ1) is 10.1. The van der Waals surface area contributed by atoms with Crippen LogP contribution in [-0.4, -0.2) is 33.8 Å². The molecule has 110 valence electrons. The number of aromatic nitrogens is 2. The Labute approximate surface area is 118 Å². The number of benzene rings is 1. The van der Waals surface area contributed by atoms with Gasteiger partial charge in [-0.3, -0.25) is 14.2 Å². The van der Waals surface area contributed by atoms with Gasteiger partial charge in [0.2, 0.25) is 0 Å². The van der Waals surface area contributed by atoms with Crippen LogP contribution in [0.25, 0.3) is 11.0 Å². The molecule has 2 heterocycles. The largest absolute Gasteiger partial charge is 0.478 e. The van der Waals surface area contributed by atoms with E-state index in [1.807, 2.05) is 0 Å². The number of ether oxygens (including phenoxy) is 1. The number of para-hydroxylation sites is 1. The molecule has 0 radical (unpaired) electrons. The topological polar surface area (TPSA) is 101 Å². The van der Waals surface area contributed by atoms with Gasteiger partial charge in [-0.25, -0.2) is 4.79 Å². The minimum absolute atomic E-state index is 0.0228. The van der Waals surface area contributed by atoms with E-state index in [9.17, 15) is 19.5 Å². The zero-order valence-electron chi connectivity index (χ0n) is 11.2. The van der Waals surface area contributed by atoms with Crippen LogP contribution in [0.2, 0.25) is 0 Å². The van der Waals surface area contributed by atoms with Gasteiger partial charge in [0.25, 0.3) is 0 Å². The van der Waals surface area contributed by atoms with Gasteiger partial charge in [0, 0.05) is 19.3 Å². The Bertz CT molecular complexity index is 814. The van der Waals surface area contributed by atoms with Crippen molar-refractivity contribution in [3.63, 3.8) is 0 Å². The van der Waals surface area contributed by atoms with Gasteiger partial charge >= 0.3 is 17.1 Å². The molecule has 0 bridgehead atoms. The number of aromatic carboxylic acids is 1. The van der Waals surface area contributed by atoms with Crippen molar-refractivity contribution in [3.8, 4) is 0 Å². The van der Waals surface area contributed by atoms with Crippen LogP contribution < -0.4 is 11.1 Å². The zero-order chi connectivity index (χ0) is 15.0. The van der Waals surface area contributed by atoms with Crippen molar-refractivity contribution in [1.82, 2.24) is 9.55 Å². The van der Waals surface area contributed by atoms with Crippen LogP contribution in [0.3, 0.4) is 0 Å². The number of nitrogens with one attached hydrogen (secondary N) is 1. The molecule has 1 aromatic carbocycles. The highest BCUT2D eigenvalue weighted by atomic mass is 16.5. The van der Waals surface area contributed by atoms with Gasteiger partial charge < -0.3 is 14.8 Å². The number of H-pyrrole nitrogens is 1. The number of carboxylic acids is 1. The summed E-state index contributed by atoms with van der Waals surface area (Å²) in [5.74, 6) is -1.14. The molecular formula is C14H14N2O5. The number of carbonyl (C=O) groups is 1. The number of hydrogen-bond donors (Lipinski definition) is 2. The highest BCUT2D eigenvalue weighted by Gasteiger charge is 2.22. The summed E-state index contributed by atoms with van der Waals surface area (Å²) in [4.78, 5) is 37.7. The van der Waals surface area contributed by atoms with Gasteiger partial charge in [0.1, 0.15) is 0 Å². The summed E-state index contributed by atoms with van der Waals surface area (Å²) in [6.45, 7) is 1.04. The lowest BCUT2D eigenvalue weighted by Crippen LogP contribution is -2.40. The maximum atomic E-state index is 12.2. The van der Waals surface area contributed by atoms with Gasteiger partial charge in [-0.1, -0.05) is 6.07 Å². The molecule has 0 aliphatic carbocycles. The van der Waals surface area contributed by atoms with Gasteiger partial charge in [0.05, 0.1) is 16.6 Å². The molecule has 21 heavy (non-hydrogen) atoms. The molecule has 1 saturated heterocycles. The van der Waals surface area contributed by atoms with E-state index in [0.717, 1.165) is 0 Å². The lowest BCUT2D eigenvalue weighted by Gasteiger charge is -2.25. The third kappa shape index (κ3) is 2.25. The van der Waals surface area contributed by atoms with Crippen LogP contribution in [0.1, 0.15) is 29.2 Å². The van der Waals surface area contributed by atoms with Crippen molar-refractivity contribution in [2.45, 2.75) is 18.9 Å². The van der Waals surface area contributed by atoms with Gasteiger partial charge in [-0.2, -0.15) is 0 Å². The average molecular weight is 290 g/mol. The fourth-order valence-corrected chi connectivity index (χ4v) is 2.74. The summed E-state index contributed by atoms with van der Waals surface area (Å²) in [5.41, 5.74) is -0.863. The molecule has 7 heteroatoms. The fourth-order valence-electron chi connectivity index (χ4n) is 2.74. The highest BCUT2D eigenvalue weighted by molar-refractivity contribution is 6.00. The molecule has 7 nitrogen and oxygen atoms in total. The normalized spacial score (nSPS) is 16.2. The minimum atomic E-state index is -1.14. The summed E-state index contributed by atoms with van der Waals surface area (Å²) in [6, 6.07) is 4.47. The molecule has 3 rings (SSSR count). The first-order valence-corrected chi connectivity index (χ1v) is 6.68. The molecule has 1 aliphatic heterocycles. The Morgan fingerprint density at radius 3 is 2.67 bits per heavy atom. The third-order valence-electron chi connectivity index (χ3n) is 3.74. The van der Waals surface area contributed by atoms with Crippen LogP contribution in [0, 0.1) is 0 Å². The maximum absolute atomic E-state index is 12.2. The number of fused-ring (bicyclic) bond motifs is 1. The quantitative estimate of drug-likeness (QED) is 0.794. The van der Waals surface area contributed by atoms with Gasteiger partial charge in [-0.05, 0) is 25.0 Å². The second-order valence-electron chi connectivity index (χ2n) is 4.98. The Morgan fingerprint density at radius 2 is 2.00 bits per heavy atom. The number of aromatic amines is 1. The number of hydrogen-bond acceptors (Lipinski definition) is 4. The third-order valence-corrected chi connectivity index (χ3v) is 3.74. The predicted octanol–water partition coefficient (Wildman–Crippen LogP) is 0.740. The van der Waals surface area contributed by atoms with E-state index < -0.39 is 17.1 Å². The van der Waals surface area contributed by atoms with Crippen molar-refractivity contribution in [1.29, 1.82) is 0 Å². The molecule has 2 aromatic rings. The van der Waals surface area contributed by atoms with E-state index in [-0.39, 0.29) is 17.1 Å². The summed E-state index contributed by atoms with van der Waals surface area (Å²) in [6.07, 6.45) is 1.24. The van der Waals surface area contributed by atoms with Crippen molar-refractivity contribution in [2.24, 2.45) is 0 Å². The molecule has 0 saturated carbocycles. The second kappa shape index (κ2) is 5.17. The molecular weight excluding hydrogens is 276 g/mol. The number of carboxylic acid groups (broad SMARTS) is 1. The molecule has 1 aliphatic rings. The lowest BCUT2D eigenvalue weighted by atomic mass is 10.1. The summed E-state index contributed by atoms with van der Waals surface area (Å²) in [7, 11) is 0. The van der Waals surface area contributed by atoms with Crippen molar-refractivity contribution in [3.05, 3.63) is 44.5 Å². The molecule has 0 atom stereocenters. The standard InChI is InChI=1S/C14H14N2O5/c17-12-13(18)16(8-4-6-21-7-5-8)10-3-1-2-9(14(19)20)11(10)15-12/h1-3,8H,4-7H2,(H,15,17)(H,19,20). The van der Waals surface area contributed by atoms with Crippen molar-refractivity contribution >= 4 is 17.0 Å². The van der Waals surface area contributed by atoms with Gasteiger partial charge in [0.15, 0.2) is 0 Å². The molecule has 2 N–H and O–H groups in total. The SMILES string of the molecule is O=C(O)c1cccc2c1[nH]c(=O)c(=O)n2C1CCOCC1. The van der Waals surface area contributed by atoms with Crippen molar-refractivity contribution in [2.75, 3.05) is 13.2 Å². The predicted molar refractivity (Wildman–Crippen MR) is 74.9 cm³/mol. The van der Waals surface area contributed by atoms with Crippen molar-refractivity contribution < 1.29 is 14.6 Å². The average Bonchev–Trinajstić information content (AvgIpc) is 2.49. The van der Waals surface area contributed by atoms with Crippen LogP contribution in [-0.2, 0) is 4.74 Å². The Morgan fingerprint density at radius 1 is 1.29 bits per heavy atom. The van der Waals surface area contributed by atoms with E-state index in [4.69, 9.17) is 4.74 Å². The molecule has 1 aromatic heterocycles. The zero-order valence-corrected chi connectivity index (χ0v) is 11.2. The van der Waals surface area contributed by atoms with E-state index >= 15 is 0 Å². The molecule has 0 spiro atoms. The molecule has 1 fully saturated rings. The Balaban J connectivity index is 2.34. The Kier molecular flexibility index (Phi) is 3.34. The van der Waals surface area contributed by atoms with E-state index in [1.165, 1.54) is 10.6 Å². The smallest absolute Gasteiger partial charge is 0.337 e. The summed E-state index contributed by atoms with van der Waals surface area (Å²) in [5, 5.41) is 9.21. The maximum Gasteiger partial charge on any atom is 0.337 e. The number of nitrogens with zero attached hydrogens (tertiary/aromatic N) is 1. The van der Waals surface area contributed by atoms with E-state index in [0.29, 0.717) is 31.6 Å². The van der Waals surface area contributed by atoms with E-state index in [2.05, 4.69) is 4.98 Å². The minimum Gasteiger partial charge on any atom is -0.478 e. The van der Waals surface area contributed by atoms with Crippen LogP contribution in [0.15, 0.2) is 27.8 Å². The fraction of sp³-hybridized carbons (Fsp3) is 0.357. The number of rotatable bonds is 2. The second-order valence-corrected chi connectivity index (χ2v) is 4.98. The first-order valence-electron chi connectivity index (χ1n) is 6.68.